The monoisotopic (exact) mass is 421 g/mol. The Morgan fingerprint density at radius 2 is 2.23 bits per heavy atom. The fourth-order valence-corrected chi connectivity index (χ4v) is 2.72. The highest BCUT2D eigenvalue weighted by atomic mass is 127. The number of hydrogen-bond acceptors (Lipinski definition) is 3. The van der Waals surface area contributed by atoms with Gasteiger partial charge in [0.2, 0.25) is 0 Å². The highest BCUT2D eigenvalue weighted by Crippen LogP contribution is 2.43. The van der Waals surface area contributed by atoms with Gasteiger partial charge in [-0.05, 0) is 24.7 Å². The predicted octanol–water partition coefficient (Wildman–Crippen LogP) is 1.87. The lowest BCUT2D eigenvalue weighted by Gasteiger charge is -2.42. The van der Waals surface area contributed by atoms with Crippen LogP contribution in [0.3, 0.4) is 0 Å². The summed E-state index contributed by atoms with van der Waals surface area (Å²) in [4.78, 5) is 8.32. The van der Waals surface area contributed by atoms with Crippen LogP contribution in [0.15, 0.2) is 23.7 Å². The molecule has 0 aromatic carbocycles. The Hall–Kier alpha value is -0.830. The van der Waals surface area contributed by atoms with Crippen molar-refractivity contribution < 1.29 is 4.74 Å². The number of hydrogen-bond donors (Lipinski definition) is 2. The average Bonchev–Trinajstić information content (AvgIpc) is 2.97. The summed E-state index contributed by atoms with van der Waals surface area (Å²) in [7, 11) is 3.59. The van der Waals surface area contributed by atoms with Crippen molar-refractivity contribution in [2.24, 2.45) is 10.4 Å². The van der Waals surface area contributed by atoms with Crippen LogP contribution >= 0.6 is 24.0 Å². The molecular formula is C15H28IN5O. The fourth-order valence-electron chi connectivity index (χ4n) is 2.72. The predicted molar refractivity (Wildman–Crippen MR) is 99.8 cm³/mol. The second-order valence-electron chi connectivity index (χ2n) is 5.75. The molecule has 0 spiro atoms. The molecule has 6 nitrogen and oxygen atoms in total. The third kappa shape index (κ3) is 5.75. The van der Waals surface area contributed by atoms with Gasteiger partial charge in [-0.25, -0.2) is 4.98 Å². The van der Waals surface area contributed by atoms with Crippen molar-refractivity contribution >= 4 is 29.9 Å². The van der Waals surface area contributed by atoms with E-state index in [1.807, 2.05) is 24.1 Å². The molecule has 1 aromatic rings. The first kappa shape index (κ1) is 19.2. The second kappa shape index (κ2) is 10.0. The highest BCUT2D eigenvalue weighted by Gasteiger charge is 2.36. The van der Waals surface area contributed by atoms with Crippen molar-refractivity contribution in [2.45, 2.75) is 32.2 Å². The Labute approximate surface area is 150 Å². The largest absolute Gasteiger partial charge is 0.385 e. The highest BCUT2D eigenvalue weighted by molar-refractivity contribution is 14.0. The molecule has 0 unspecified atom stereocenters. The molecule has 2 rings (SSSR count). The van der Waals surface area contributed by atoms with Crippen LogP contribution in [-0.4, -0.2) is 49.4 Å². The van der Waals surface area contributed by atoms with E-state index in [0.717, 1.165) is 38.6 Å². The summed E-state index contributed by atoms with van der Waals surface area (Å²) in [6.07, 6.45) is 10.6. The van der Waals surface area contributed by atoms with E-state index in [2.05, 4.69) is 20.6 Å². The van der Waals surface area contributed by atoms with Crippen LogP contribution < -0.4 is 10.6 Å². The number of imidazole rings is 1. The van der Waals surface area contributed by atoms with Crippen molar-refractivity contribution in [1.82, 2.24) is 20.2 Å². The Morgan fingerprint density at radius 1 is 1.41 bits per heavy atom. The van der Waals surface area contributed by atoms with E-state index in [9.17, 15) is 0 Å². The molecule has 0 amide bonds. The first-order valence-electron chi connectivity index (χ1n) is 7.67. The molecule has 7 heteroatoms. The summed E-state index contributed by atoms with van der Waals surface area (Å²) in [5.41, 5.74) is 0.401. The van der Waals surface area contributed by atoms with Gasteiger partial charge in [0.05, 0.1) is 6.33 Å². The Balaban J connectivity index is 0.00000242. The molecule has 1 saturated carbocycles. The maximum absolute atomic E-state index is 5.23. The quantitative estimate of drug-likeness (QED) is 0.382. The number of nitrogens with one attached hydrogen (secondary N) is 2. The van der Waals surface area contributed by atoms with Crippen molar-refractivity contribution in [3.05, 3.63) is 18.7 Å². The molecule has 1 fully saturated rings. The van der Waals surface area contributed by atoms with Crippen LogP contribution in [0.1, 0.15) is 25.7 Å². The fraction of sp³-hybridized carbons (Fsp3) is 0.733. The van der Waals surface area contributed by atoms with E-state index in [0.29, 0.717) is 5.41 Å². The number of aromatic nitrogens is 2. The maximum atomic E-state index is 5.23. The normalized spacial score (nSPS) is 16.5. The van der Waals surface area contributed by atoms with Crippen LogP contribution in [0.5, 0.6) is 0 Å². The molecule has 22 heavy (non-hydrogen) atoms. The van der Waals surface area contributed by atoms with Crippen molar-refractivity contribution in [3.63, 3.8) is 0 Å². The molecule has 1 heterocycles. The minimum absolute atomic E-state index is 0. The lowest BCUT2D eigenvalue weighted by Crippen LogP contribution is -2.47. The lowest BCUT2D eigenvalue weighted by molar-refractivity contribution is 0.0732. The zero-order chi connectivity index (χ0) is 15.0. The summed E-state index contributed by atoms with van der Waals surface area (Å²) in [5, 5.41) is 6.80. The van der Waals surface area contributed by atoms with Gasteiger partial charge in [0, 0.05) is 52.8 Å². The van der Waals surface area contributed by atoms with Crippen LogP contribution in [-0.2, 0) is 11.3 Å². The molecule has 0 aliphatic heterocycles. The SMILES string of the molecule is CN=C(NCCn1ccnc1)NCC1(CCOC)CCC1.I. The van der Waals surface area contributed by atoms with E-state index in [4.69, 9.17) is 4.74 Å². The third-order valence-electron chi connectivity index (χ3n) is 4.33. The maximum Gasteiger partial charge on any atom is 0.191 e. The average molecular weight is 421 g/mol. The molecule has 0 saturated heterocycles. The van der Waals surface area contributed by atoms with Gasteiger partial charge in [0.1, 0.15) is 0 Å². The summed E-state index contributed by atoms with van der Waals surface area (Å²) < 4.78 is 7.28. The van der Waals surface area contributed by atoms with Gasteiger partial charge in [0.15, 0.2) is 5.96 Å². The minimum Gasteiger partial charge on any atom is -0.385 e. The number of rotatable bonds is 8. The van der Waals surface area contributed by atoms with Gasteiger partial charge in [-0.15, -0.1) is 24.0 Å². The number of nitrogens with zero attached hydrogens (tertiary/aromatic N) is 3. The van der Waals surface area contributed by atoms with Crippen molar-refractivity contribution in [3.8, 4) is 0 Å². The molecule has 1 aliphatic rings. The molecule has 2 N–H and O–H groups in total. The molecule has 1 aromatic heterocycles. The Morgan fingerprint density at radius 3 is 2.77 bits per heavy atom. The summed E-state index contributed by atoms with van der Waals surface area (Å²) >= 11 is 0. The van der Waals surface area contributed by atoms with Crippen LogP contribution in [0.25, 0.3) is 0 Å². The van der Waals surface area contributed by atoms with E-state index >= 15 is 0 Å². The smallest absolute Gasteiger partial charge is 0.191 e. The van der Waals surface area contributed by atoms with Gasteiger partial charge >= 0.3 is 0 Å². The van der Waals surface area contributed by atoms with E-state index < -0.39 is 0 Å². The zero-order valence-corrected chi connectivity index (χ0v) is 15.9. The van der Waals surface area contributed by atoms with Crippen LogP contribution in [0.2, 0.25) is 0 Å². The summed E-state index contributed by atoms with van der Waals surface area (Å²) in [6.45, 7) is 3.53. The molecule has 126 valence electrons. The first-order chi connectivity index (χ1) is 10.3. The van der Waals surface area contributed by atoms with Gasteiger partial charge in [-0.1, -0.05) is 6.42 Å². The summed E-state index contributed by atoms with van der Waals surface area (Å²) in [6, 6.07) is 0. The number of guanidine groups is 1. The number of methoxy groups -OCH3 is 1. The summed E-state index contributed by atoms with van der Waals surface area (Å²) in [5.74, 6) is 0.874. The van der Waals surface area contributed by atoms with Crippen LogP contribution in [0, 0.1) is 5.41 Å². The van der Waals surface area contributed by atoms with Crippen molar-refractivity contribution in [2.75, 3.05) is 33.9 Å². The van der Waals surface area contributed by atoms with Crippen LogP contribution in [0.4, 0.5) is 0 Å². The molecule has 1 aliphatic carbocycles. The lowest BCUT2D eigenvalue weighted by atomic mass is 9.67. The molecule has 0 atom stereocenters. The van der Waals surface area contributed by atoms with Gasteiger partial charge in [-0.2, -0.15) is 0 Å². The minimum atomic E-state index is 0. The molecule has 0 bridgehead atoms. The van der Waals surface area contributed by atoms with E-state index in [1.165, 1.54) is 19.3 Å². The first-order valence-corrected chi connectivity index (χ1v) is 7.67. The van der Waals surface area contributed by atoms with Crippen molar-refractivity contribution in [1.29, 1.82) is 0 Å². The van der Waals surface area contributed by atoms with Gasteiger partial charge in [-0.3, -0.25) is 4.99 Å². The topological polar surface area (TPSA) is 63.5 Å². The Bertz CT molecular complexity index is 431. The zero-order valence-electron chi connectivity index (χ0n) is 13.5. The van der Waals surface area contributed by atoms with E-state index in [-0.39, 0.29) is 24.0 Å². The standard InChI is InChI=1S/C15H27N5O.HI/c1-16-14(18-8-10-20-9-7-17-13-20)19-12-15(4-3-5-15)6-11-21-2;/h7,9,13H,3-6,8,10-12H2,1-2H3,(H2,16,18,19);1H. The molecular weight excluding hydrogens is 393 g/mol. The number of halogens is 1. The second-order valence-corrected chi connectivity index (χ2v) is 5.75. The van der Waals surface area contributed by atoms with Gasteiger partial charge in [0.25, 0.3) is 0 Å². The Kier molecular flexibility index (Phi) is 8.77. The van der Waals surface area contributed by atoms with E-state index in [1.54, 1.807) is 13.3 Å². The molecule has 0 radical (unpaired) electrons. The van der Waals surface area contributed by atoms with Gasteiger partial charge < -0.3 is 19.9 Å². The number of ether oxygens (including phenoxy) is 1. The third-order valence-corrected chi connectivity index (χ3v) is 4.33. The number of aliphatic imine (C=N–C) groups is 1.